The summed E-state index contributed by atoms with van der Waals surface area (Å²) in [6.07, 6.45) is 1.14. The number of rotatable bonds is 4. The van der Waals surface area contributed by atoms with Crippen molar-refractivity contribution < 1.29 is 4.79 Å². The molecule has 0 amide bonds. The van der Waals surface area contributed by atoms with Gasteiger partial charge in [-0.05, 0) is 25.0 Å². The Balaban J connectivity index is 2.06. The van der Waals surface area contributed by atoms with Crippen LogP contribution in [0.1, 0.15) is 33.5 Å². The van der Waals surface area contributed by atoms with E-state index in [2.05, 4.69) is 6.07 Å². The zero-order valence-corrected chi connectivity index (χ0v) is 10.9. The molecule has 0 heterocycles. The van der Waals surface area contributed by atoms with Crippen molar-refractivity contribution in [2.45, 2.75) is 19.8 Å². The molecule has 0 radical (unpaired) electrons. The number of nitriles is 1. The lowest BCUT2D eigenvalue weighted by Gasteiger charge is -2.04. The maximum atomic E-state index is 12.1. The van der Waals surface area contributed by atoms with Gasteiger partial charge in [-0.25, -0.2) is 0 Å². The molecule has 0 aliphatic rings. The molecule has 0 saturated heterocycles. The van der Waals surface area contributed by atoms with Gasteiger partial charge in [-0.1, -0.05) is 48.0 Å². The van der Waals surface area contributed by atoms with Gasteiger partial charge in [-0.2, -0.15) is 5.26 Å². The second-order valence-corrected chi connectivity index (χ2v) is 4.57. The Labute approximate surface area is 113 Å². The van der Waals surface area contributed by atoms with Crippen molar-refractivity contribution >= 4 is 5.78 Å². The highest BCUT2D eigenvalue weighted by molar-refractivity contribution is 5.98. The van der Waals surface area contributed by atoms with E-state index in [1.807, 2.05) is 31.2 Å². The summed E-state index contributed by atoms with van der Waals surface area (Å²) in [6.45, 7) is 2.04. The Morgan fingerprint density at radius 2 is 1.79 bits per heavy atom. The van der Waals surface area contributed by atoms with E-state index in [-0.39, 0.29) is 5.78 Å². The molecule has 0 aliphatic heterocycles. The van der Waals surface area contributed by atoms with Crippen LogP contribution in [-0.2, 0) is 6.42 Å². The lowest BCUT2D eigenvalue weighted by atomic mass is 9.99. The van der Waals surface area contributed by atoms with E-state index in [4.69, 9.17) is 5.26 Å². The second-order valence-electron chi connectivity index (χ2n) is 4.57. The predicted octanol–water partition coefficient (Wildman–Crippen LogP) is 3.68. The molecule has 0 aromatic heterocycles. The van der Waals surface area contributed by atoms with Crippen molar-refractivity contribution in [1.82, 2.24) is 0 Å². The van der Waals surface area contributed by atoms with Crippen molar-refractivity contribution in [3.63, 3.8) is 0 Å². The van der Waals surface area contributed by atoms with Crippen LogP contribution in [0.2, 0.25) is 0 Å². The molecule has 0 bridgehead atoms. The minimum absolute atomic E-state index is 0.0257. The normalized spacial score (nSPS) is 9.89. The van der Waals surface area contributed by atoms with E-state index >= 15 is 0 Å². The molecule has 0 spiro atoms. The highest BCUT2D eigenvalue weighted by atomic mass is 16.1. The van der Waals surface area contributed by atoms with Crippen LogP contribution in [0.5, 0.6) is 0 Å². The lowest BCUT2D eigenvalue weighted by molar-refractivity contribution is 0.0982. The van der Waals surface area contributed by atoms with Gasteiger partial charge in [0.15, 0.2) is 5.78 Å². The molecule has 0 saturated carbocycles. The summed E-state index contributed by atoms with van der Waals surface area (Å²) in [4.78, 5) is 12.1. The third-order valence-electron chi connectivity index (χ3n) is 3.11. The van der Waals surface area contributed by atoms with Crippen LogP contribution in [0.15, 0.2) is 48.5 Å². The van der Waals surface area contributed by atoms with E-state index < -0.39 is 0 Å². The first-order valence-electron chi connectivity index (χ1n) is 6.28. The number of ketones is 1. The van der Waals surface area contributed by atoms with Gasteiger partial charge in [0.25, 0.3) is 0 Å². The third-order valence-corrected chi connectivity index (χ3v) is 3.11. The molecule has 0 atom stereocenters. The van der Waals surface area contributed by atoms with E-state index in [1.54, 1.807) is 24.3 Å². The average Bonchev–Trinajstić information content (AvgIpc) is 2.46. The van der Waals surface area contributed by atoms with Crippen LogP contribution >= 0.6 is 0 Å². The zero-order chi connectivity index (χ0) is 13.7. The van der Waals surface area contributed by atoms with Gasteiger partial charge >= 0.3 is 0 Å². The number of carbonyl (C=O) groups is 1. The summed E-state index contributed by atoms with van der Waals surface area (Å²) < 4.78 is 0. The van der Waals surface area contributed by atoms with E-state index in [9.17, 15) is 4.79 Å². The maximum Gasteiger partial charge on any atom is 0.164 e. The summed E-state index contributed by atoms with van der Waals surface area (Å²) in [7, 11) is 0. The second kappa shape index (κ2) is 5.97. The van der Waals surface area contributed by atoms with E-state index in [0.717, 1.165) is 5.56 Å². The average molecular weight is 249 g/mol. The number of carbonyl (C=O) groups excluding carboxylic acids is 1. The Morgan fingerprint density at radius 3 is 2.47 bits per heavy atom. The Kier molecular flexibility index (Phi) is 4.10. The number of hydrogen-bond donors (Lipinski definition) is 0. The largest absolute Gasteiger partial charge is 0.294 e. The monoisotopic (exact) mass is 249 g/mol. The third kappa shape index (κ3) is 3.29. The molecule has 0 fully saturated rings. The van der Waals surface area contributed by atoms with Crippen molar-refractivity contribution in [3.05, 3.63) is 70.8 Å². The first-order valence-corrected chi connectivity index (χ1v) is 6.28. The van der Waals surface area contributed by atoms with Crippen LogP contribution in [0.25, 0.3) is 0 Å². The Bertz CT molecular complexity index is 620. The van der Waals surface area contributed by atoms with Crippen molar-refractivity contribution in [2.75, 3.05) is 0 Å². The highest BCUT2D eigenvalue weighted by Crippen LogP contribution is 2.13. The maximum absolute atomic E-state index is 12.1. The SMILES string of the molecule is Cc1ccc(CCC(=O)c2ccccc2C#N)cc1. The first kappa shape index (κ1) is 13.0. The zero-order valence-electron chi connectivity index (χ0n) is 10.9. The van der Waals surface area contributed by atoms with Gasteiger partial charge in [0.05, 0.1) is 11.6 Å². The van der Waals surface area contributed by atoms with Gasteiger partial charge in [-0.3, -0.25) is 4.79 Å². The van der Waals surface area contributed by atoms with Gasteiger partial charge in [0, 0.05) is 12.0 Å². The molecular formula is C17H15NO. The summed E-state index contributed by atoms with van der Waals surface area (Å²) in [6, 6.07) is 17.2. The number of Topliss-reactive ketones (excluding diaryl/α,β-unsaturated/α-hetero) is 1. The van der Waals surface area contributed by atoms with E-state index in [0.29, 0.717) is 24.0 Å². The van der Waals surface area contributed by atoms with Crippen LogP contribution in [0.3, 0.4) is 0 Å². The Morgan fingerprint density at radius 1 is 1.11 bits per heavy atom. The topological polar surface area (TPSA) is 40.9 Å². The predicted molar refractivity (Wildman–Crippen MR) is 75.0 cm³/mol. The molecule has 0 unspecified atom stereocenters. The van der Waals surface area contributed by atoms with Gasteiger partial charge < -0.3 is 0 Å². The van der Waals surface area contributed by atoms with Gasteiger partial charge in [0.2, 0.25) is 0 Å². The molecule has 0 aliphatic carbocycles. The van der Waals surface area contributed by atoms with Crippen LogP contribution < -0.4 is 0 Å². The standard InChI is InChI=1S/C17H15NO/c1-13-6-8-14(9-7-13)10-11-17(19)16-5-3-2-4-15(16)12-18/h2-9H,10-11H2,1H3. The molecule has 2 nitrogen and oxygen atoms in total. The number of hydrogen-bond acceptors (Lipinski definition) is 2. The molecule has 2 aromatic carbocycles. The quantitative estimate of drug-likeness (QED) is 0.775. The summed E-state index contributed by atoms with van der Waals surface area (Å²) in [5.74, 6) is 0.0257. The molecule has 2 aromatic rings. The summed E-state index contributed by atoms with van der Waals surface area (Å²) in [5, 5.41) is 8.98. The van der Waals surface area contributed by atoms with Crippen LogP contribution in [-0.4, -0.2) is 5.78 Å². The molecule has 19 heavy (non-hydrogen) atoms. The Hall–Kier alpha value is -2.40. The van der Waals surface area contributed by atoms with Crippen molar-refractivity contribution in [2.24, 2.45) is 0 Å². The fraction of sp³-hybridized carbons (Fsp3) is 0.176. The summed E-state index contributed by atoms with van der Waals surface area (Å²) >= 11 is 0. The minimum atomic E-state index is 0.0257. The number of nitrogens with zero attached hydrogens (tertiary/aromatic N) is 1. The highest BCUT2D eigenvalue weighted by Gasteiger charge is 2.10. The lowest BCUT2D eigenvalue weighted by Crippen LogP contribution is -2.03. The molecule has 0 N–H and O–H groups in total. The smallest absolute Gasteiger partial charge is 0.164 e. The molecule has 94 valence electrons. The van der Waals surface area contributed by atoms with Crippen LogP contribution in [0, 0.1) is 18.3 Å². The number of aryl methyl sites for hydroxylation is 2. The number of benzene rings is 2. The first-order chi connectivity index (χ1) is 9.20. The fourth-order valence-corrected chi connectivity index (χ4v) is 1.97. The van der Waals surface area contributed by atoms with Gasteiger partial charge in [-0.15, -0.1) is 0 Å². The van der Waals surface area contributed by atoms with Crippen LogP contribution in [0.4, 0.5) is 0 Å². The molecular weight excluding hydrogens is 234 g/mol. The van der Waals surface area contributed by atoms with E-state index in [1.165, 1.54) is 5.56 Å². The summed E-state index contributed by atoms with van der Waals surface area (Å²) in [5.41, 5.74) is 3.34. The minimum Gasteiger partial charge on any atom is -0.294 e. The fourth-order valence-electron chi connectivity index (χ4n) is 1.97. The molecule has 2 rings (SSSR count). The van der Waals surface area contributed by atoms with Gasteiger partial charge in [0.1, 0.15) is 0 Å². The van der Waals surface area contributed by atoms with Crippen molar-refractivity contribution in [1.29, 1.82) is 5.26 Å². The van der Waals surface area contributed by atoms with Crippen molar-refractivity contribution in [3.8, 4) is 6.07 Å². The molecule has 2 heteroatoms.